The van der Waals surface area contributed by atoms with E-state index in [0.29, 0.717) is 17.7 Å². The third-order valence-corrected chi connectivity index (χ3v) is 5.21. The fraction of sp³-hybridized carbons (Fsp3) is 0.529. The third-order valence-electron chi connectivity index (χ3n) is 5.21. The van der Waals surface area contributed by atoms with Crippen LogP contribution < -0.4 is 4.74 Å². The Morgan fingerprint density at radius 2 is 2.23 bits per heavy atom. The lowest BCUT2D eigenvalue weighted by atomic mass is 9.78. The summed E-state index contributed by atoms with van der Waals surface area (Å²) >= 11 is 0. The predicted octanol–water partition coefficient (Wildman–Crippen LogP) is 1.80. The first-order valence-corrected chi connectivity index (χ1v) is 7.76. The second-order valence-corrected chi connectivity index (χ2v) is 6.45. The lowest BCUT2D eigenvalue weighted by molar-refractivity contribution is -0.137. The van der Waals surface area contributed by atoms with Gasteiger partial charge in [0, 0.05) is 19.6 Å². The van der Waals surface area contributed by atoms with Gasteiger partial charge in [-0.25, -0.2) is 0 Å². The van der Waals surface area contributed by atoms with Gasteiger partial charge in [0.1, 0.15) is 18.0 Å². The van der Waals surface area contributed by atoms with E-state index in [1.54, 1.807) is 0 Å². The molecule has 116 valence electrons. The van der Waals surface area contributed by atoms with Crippen molar-refractivity contribution in [1.29, 1.82) is 0 Å². The molecule has 5 nitrogen and oxygen atoms in total. The van der Waals surface area contributed by atoms with Crippen LogP contribution in [0.2, 0.25) is 0 Å². The van der Waals surface area contributed by atoms with Crippen LogP contribution in [0.4, 0.5) is 0 Å². The van der Waals surface area contributed by atoms with Crippen molar-refractivity contribution in [2.24, 2.45) is 0 Å². The van der Waals surface area contributed by atoms with Crippen LogP contribution in [0.5, 0.6) is 5.75 Å². The summed E-state index contributed by atoms with van der Waals surface area (Å²) in [5, 5.41) is 0. The molecule has 1 aromatic rings. The van der Waals surface area contributed by atoms with E-state index in [1.807, 2.05) is 29.2 Å². The number of Topliss-reactive ketones (excluding diaryl/α,β-unsaturated/α-hetero) is 1. The van der Waals surface area contributed by atoms with Crippen molar-refractivity contribution in [3.8, 4) is 5.75 Å². The molecule has 3 atom stereocenters. The summed E-state index contributed by atoms with van der Waals surface area (Å²) in [6.45, 7) is 0.0909. The van der Waals surface area contributed by atoms with Gasteiger partial charge in [-0.15, -0.1) is 0 Å². The monoisotopic (exact) mass is 301 g/mol. The topological polar surface area (TPSA) is 55.8 Å². The van der Waals surface area contributed by atoms with Gasteiger partial charge in [-0.1, -0.05) is 12.1 Å². The SMILES string of the molecule is COCC(=O)N1C2CCC1C1(CC(=O)c3ccccc3O1)C2. The number of ether oxygens (including phenoxy) is 2. The smallest absolute Gasteiger partial charge is 0.249 e. The van der Waals surface area contributed by atoms with Crippen molar-refractivity contribution in [2.75, 3.05) is 13.7 Å². The van der Waals surface area contributed by atoms with Crippen LogP contribution >= 0.6 is 0 Å². The van der Waals surface area contributed by atoms with Gasteiger partial charge in [-0.3, -0.25) is 9.59 Å². The summed E-state index contributed by atoms with van der Waals surface area (Å²) in [4.78, 5) is 26.7. The van der Waals surface area contributed by atoms with Gasteiger partial charge in [0.2, 0.25) is 5.91 Å². The van der Waals surface area contributed by atoms with E-state index in [0.717, 1.165) is 19.3 Å². The maximum absolute atomic E-state index is 12.5. The molecule has 0 radical (unpaired) electrons. The zero-order chi connectivity index (χ0) is 15.3. The van der Waals surface area contributed by atoms with Crippen LogP contribution in [0.15, 0.2) is 24.3 Å². The summed E-state index contributed by atoms with van der Waals surface area (Å²) < 4.78 is 11.3. The first-order valence-electron chi connectivity index (χ1n) is 7.76. The average molecular weight is 301 g/mol. The van der Waals surface area contributed by atoms with E-state index in [9.17, 15) is 9.59 Å². The summed E-state index contributed by atoms with van der Waals surface area (Å²) in [7, 11) is 1.53. The molecule has 3 unspecified atom stereocenters. The van der Waals surface area contributed by atoms with E-state index < -0.39 is 5.60 Å². The highest BCUT2D eigenvalue weighted by Gasteiger charge is 2.61. The van der Waals surface area contributed by atoms with Gasteiger partial charge in [0.25, 0.3) is 0 Å². The lowest BCUT2D eigenvalue weighted by Gasteiger charge is -2.40. The first-order chi connectivity index (χ1) is 10.6. The Morgan fingerprint density at radius 1 is 1.41 bits per heavy atom. The summed E-state index contributed by atoms with van der Waals surface area (Å²) in [5.74, 6) is 0.778. The highest BCUT2D eigenvalue weighted by Crippen LogP contribution is 2.51. The van der Waals surface area contributed by atoms with E-state index in [4.69, 9.17) is 9.47 Å². The maximum atomic E-state index is 12.5. The van der Waals surface area contributed by atoms with Gasteiger partial charge >= 0.3 is 0 Å². The predicted molar refractivity (Wildman–Crippen MR) is 78.9 cm³/mol. The van der Waals surface area contributed by atoms with Crippen molar-refractivity contribution in [3.63, 3.8) is 0 Å². The van der Waals surface area contributed by atoms with E-state index in [1.165, 1.54) is 7.11 Å². The van der Waals surface area contributed by atoms with Crippen molar-refractivity contribution in [2.45, 2.75) is 43.4 Å². The van der Waals surface area contributed by atoms with Crippen molar-refractivity contribution in [1.82, 2.24) is 4.90 Å². The normalized spacial score (nSPS) is 32.2. The van der Waals surface area contributed by atoms with Crippen LogP contribution in [0.3, 0.4) is 0 Å². The van der Waals surface area contributed by atoms with Crippen LogP contribution in [0.25, 0.3) is 0 Å². The Balaban J connectivity index is 1.67. The second-order valence-electron chi connectivity index (χ2n) is 6.45. The number of carbonyl (C=O) groups is 2. The molecule has 0 N–H and O–H groups in total. The number of benzene rings is 1. The highest BCUT2D eigenvalue weighted by molar-refractivity contribution is 6.00. The molecular weight excluding hydrogens is 282 g/mol. The quantitative estimate of drug-likeness (QED) is 0.836. The van der Waals surface area contributed by atoms with Crippen LogP contribution in [0.1, 0.15) is 36.0 Å². The molecule has 3 aliphatic heterocycles. The van der Waals surface area contributed by atoms with Gasteiger partial charge in [0.05, 0.1) is 18.0 Å². The third kappa shape index (κ3) is 1.81. The second kappa shape index (κ2) is 4.81. The molecule has 0 aromatic heterocycles. The summed E-state index contributed by atoms with van der Waals surface area (Å²) in [6.07, 6.45) is 2.99. The lowest BCUT2D eigenvalue weighted by Crippen LogP contribution is -2.52. The highest BCUT2D eigenvalue weighted by atomic mass is 16.5. The Morgan fingerprint density at radius 3 is 3.05 bits per heavy atom. The number of ketones is 1. The number of hydrogen-bond acceptors (Lipinski definition) is 4. The zero-order valence-corrected chi connectivity index (χ0v) is 12.6. The van der Waals surface area contributed by atoms with Crippen molar-refractivity contribution < 1.29 is 19.1 Å². The number of carbonyl (C=O) groups excluding carboxylic acids is 2. The van der Waals surface area contributed by atoms with Gasteiger partial charge in [-0.2, -0.15) is 0 Å². The standard InChI is InChI=1S/C17H19NO4/c1-21-10-16(20)18-11-6-7-15(18)17(8-11)9-13(19)12-4-2-3-5-14(12)22-17/h2-5,11,15H,6-10H2,1H3. The molecule has 2 bridgehead atoms. The van der Waals surface area contributed by atoms with E-state index in [2.05, 4.69) is 0 Å². The Labute approximate surface area is 129 Å². The van der Waals surface area contributed by atoms with Crippen molar-refractivity contribution in [3.05, 3.63) is 29.8 Å². The number of methoxy groups -OCH3 is 1. The Bertz CT molecular complexity index is 643. The molecule has 0 aliphatic carbocycles. The summed E-state index contributed by atoms with van der Waals surface area (Å²) in [5.41, 5.74) is 0.114. The van der Waals surface area contributed by atoms with Crippen LogP contribution in [-0.4, -0.2) is 48.0 Å². The van der Waals surface area contributed by atoms with Gasteiger partial charge in [0.15, 0.2) is 5.78 Å². The number of nitrogens with zero attached hydrogens (tertiary/aromatic N) is 1. The van der Waals surface area contributed by atoms with E-state index in [-0.39, 0.29) is 30.4 Å². The van der Waals surface area contributed by atoms with Crippen LogP contribution in [-0.2, 0) is 9.53 Å². The summed E-state index contributed by atoms with van der Waals surface area (Å²) in [6, 6.07) is 7.55. The molecule has 4 rings (SSSR count). The van der Waals surface area contributed by atoms with Crippen LogP contribution in [0, 0.1) is 0 Å². The number of para-hydroxylation sites is 1. The van der Waals surface area contributed by atoms with Gasteiger partial charge < -0.3 is 14.4 Å². The minimum Gasteiger partial charge on any atom is -0.484 e. The number of fused-ring (bicyclic) bond motifs is 4. The van der Waals surface area contributed by atoms with E-state index >= 15 is 0 Å². The molecule has 1 aromatic carbocycles. The average Bonchev–Trinajstić information content (AvgIpc) is 3.03. The fourth-order valence-corrected chi connectivity index (χ4v) is 4.42. The molecular formula is C17H19NO4. The number of hydrogen-bond donors (Lipinski definition) is 0. The molecule has 5 heteroatoms. The Kier molecular flexibility index (Phi) is 3.01. The molecule has 0 saturated carbocycles. The molecule has 3 aliphatic rings. The first kappa shape index (κ1) is 13.8. The minimum absolute atomic E-state index is 0.00165. The maximum Gasteiger partial charge on any atom is 0.249 e. The van der Waals surface area contributed by atoms with Gasteiger partial charge in [-0.05, 0) is 25.0 Å². The fourth-order valence-electron chi connectivity index (χ4n) is 4.42. The number of rotatable bonds is 2. The molecule has 2 saturated heterocycles. The molecule has 3 heterocycles. The minimum atomic E-state index is -0.544. The molecule has 22 heavy (non-hydrogen) atoms. The molecule has 2 fully saturated rings. The largest absolute Gasteiger partial charge is 0.484 e. The Hall–Kier alpha value is -1.88. The zero-order valence-electron chi connectivity index (χ0n) is 12.6. The molecule has 1 amide bonds. The number of amides is 1. The molecule has 1 spiro atoms. The van der Waals surface area contributed by atoms with Crippen molar-refractivity contribution >= 4 is 11.7 Å².